The minimum atomic E-state index is -0.318. The molecule has 0 spiro atoms. The Morgan fingerprint density at radius 3 is 2.42 bits per heavy atom. The zero-order chi connectivity index (χ0) is 26.7. The number of nitrogens with zero attached hydrogens (tertiary/aromatic N) is 4. The van der Waals surface area contributed by atoms with E-state index in [0.717, 1.165) is 42.8 Å². The largest absolute Gasteiger partial charge is 0.357 e. The molecule has 0 radical (unpaired) electrons. The van der Waals surface area contributed by atoms with Crippen LogP contribution in [0.2, 0.25) is 0 Å². The summed E-state index contributed by atoms with van der Waals surface area (Å²) >= 11 is 1.51. The van der Waals surface area contributed by atoms with Gasteiger partial charge in [-0.3, -0.25) is 4.57 Å². The van der Waals surface area contributed by atoms with Crippen LogP contribution in [0.3, 0.4) is 0 Å². The number of thiazole rings is 1. The molecule has 0 atom stereocenters. The third-order valence-electron chi connectivity index (χ3n) is 8.64. The highest BCUT2D eigenvalue weighted by molar-refractivity contribution is 7.23. The molecule has 40 heavy (non-hydrogen) atoms. The Labute approximate surface area is 232 Å². The van der Waals surface area contributed by atoms with Gasteiger partial charge in [0, 0.05) is 21.6 Å². The van der Waals surface area contributed by atoms with Crippen LogP contribution < -0.4 is 5.69 Å². The summed E-state index contributed by atoms with van der Waals surface area (Å²) in [5.41, 5.74) is 7.55. The molecule has 8 aromatic rings. The Balaban J connectivity index is 1.47. The Morgan fingerprint density at radius 2 is 1.50 bits per heavy atom. The lowest BCUT2D eigenvalue weighted by Crippen LogP contribution is -2.20. The highest BCUT2D eigenvalue weighted by Crippen LogP contribution is 2.51. The second-order valence-electron chi connectivity index (χ2n) is 11.1. The van der Waals surface area contributed by atoms with Crippen molar-refractivity contribution in [2.45, 2.75) is 19.3 Å². The minimum absolute atomic E-state index is 0.153. The van der Waals surface area contributed by atoms with Gasteiger partial charge in [0.1, 0.15) is 0 Å². The standard InChI is InChI=1S/C34H22N4OS/c1-34(2)25-12-6-5-11-21(25)23-17-24-22-16-15-19-9-3-4-10-20(19)30(22)37(28(24)18-26(23)34)31-35-32(39)38-27-13-7-8-14-29(27)40-33(38)36-31/h3-18H,1-2H3. The summed E-state index contributed by atoms with van der Waals surface area (Å²) in [6, 6.07) is 34.0. The molecule has 6 heteroatoms. The van der Waals surface area contributed by atoms with Crippen LogP contribution in [0.4, 0.5) is 0 Å². The molecule has 0 bridgehead atoms. The Kier molecular flexibility index (Phi) is 4.10. The fourth-order valence-electron chi connectivity index (χ4n) is 6.76. The first-order chi connectivity index (χ1) is 19.5. The first kappa shape index (κ1) is 22.1. The van der Waals surface area contributed by atoms with E-state index in [1.54, 1.807) is 4.40 Å². The van der Waals surface area contributed by atoms with Crippen molar-refractivity contribution in [3.8, 4) is 17.1 Å². The van der Waals surface area contributed by atoms with Crippen LogP contribution in [0.25, 0.3) is 64.8 Å². The van der Waals surface area contributed by atoms with Gasteiger partial charge in [0.15, 0.2) is 0 Å². The van der Waals surface area contributed by atoms with Crippen molar-refractivity contribution in [2.75, 3.05) is 0 Å². The van der Waals surface area contributed by atoms with Gasteiger partial charge in [-0.25, -0.2) is 9.20 Å². The maximum Gasteiger partial charge on any atom is 0.357 e. The average molecular weight is 535 g/mol. The minimum Gasteiger partial charge on any atom is -0.277 e. The molecule has 0 saturated heterocycles. The molecule has 0 amide bonds. The molecule has 1 aliphatic rings. The molecule has 0 saturated carbocycles. The van der Waals surface area contributed by atoms with Crippen molar-refractivity contribution in [1.82, 2.24) is 18.9 Å². The second kappa shape index (κ2) is 7.43. The normalized spacial score (nSPS) is 14.1. The fourth-order valence-corrected chi connectivity index (χ4v) is 7.76. The molecular formula is C34H22N4OS. The lowest BCUT2D eigenvalue weighted by atomic mass is 9.82. The van der Waals surface area contributed by atoms with Gasteiger partial charge in [-0.05, 0) is 51.9 Å². The monoisotopic (exact) mass is 534 g/mol. The van der Waals surface area contributed by atoms with Crippen LogP contribution in [0.5, 0.6) is 0 Å². The number of rotatable bonds is 1. The summed E-state index contributed by atoms with van der Waals surface area (Å²) in [4.78, 5) is 23.8. The lowest BCUT2D eigenvalue weighted by molar-refractivity contribution is 0.661. The van der Waals surface area contributed by atoms with E-state index in [1.165, 1.54) is 33.6 Å². The van der Waals surface area contributed by atoms with Crippen LogP contribution >= 0.6 is 11.3 Å². The van der Waals surface area contributed by atoms with E-state index in [4.69, 9.17) is 4.98 Å². The van der Waals surface area contributed by atoms with Crippen molar-refractivity contribution in [3.63, 3.8) is 0 Å². The number of benzene rings is 5. The molecule has 3 heterocycles. The highest BCUT2D eigenvalue weighted by Gasteiger charge is 2.36. The molecule has 0 N–H and O–H groups in total. The van der Waals surface area contributed by atoms with Crippen molar-refractivity contribution < 1.29 is 0 Å². The predicted molar refractivity (Wildman–Crippen MR) is 164 cm³/mol. The molecule has 0 fully saturated rings. The quantitative estimate of drug-likeness (QED) is 0.215. The van der Waals surface area contributed by atoms with Gasteiger partial charge in [-0.1, -0.05) is 98.0 Å². The predicted octanol–water partition coefficient (Wildman–Crippen LogP) is 7.86. The van der Waals surface area contributed by atoms with Gasteiger partial charge in [-0.15, -0.1) is 0 Å². The fraction of sp³-hybridized carbons (Fsp3) is 0.0882. The highest BCUT2D eigenvalue weighted by atomic mass is 32.1. The van der Waals surface area contributed by atoms with Crippen molar-refractivity contribution in [3.05, 3.63) is 119 Å². The zero-order valence-corrected chi connectivity index (χ0v) is 22.7. The summed E-state index contributed by atoms with van der Waals surface area (Å²) in [7, 11) is 0. The number of hydrogen-bond acceptors (Lipinski definition) is 4. The van der Waals surface area contributed by atoms with Crippen molar-refractivity contribution >= 4 is 59.1 Å². The Hall–Kier alpha value is -4.81. The second-order valence-corrected chi connectivity index (χ2v) is 12.1. The van der Waals surface area contributed by atoms with Crippen LogP contribution in [0, 0.1) is 0 Å². The van der Waals surface area contributed by atoms with Crippen molar-refractivity contribution in [2.24, 2.45) is 0 Å². The van der Waals surface area contributed by atoms with Crippen LogP contribution in [0.15, 0.2) is 102 Å². The summed E-state index contributed by atoms with van der Waals surface area (Å²) in [5.74, 6) is 0.404. The molecule has 0 unspecified atom stereocenters. The first-order valence-electron chi connectivity index (χ1n) is 13.4. The summed E-state index contributed by atoms with van der Waals surface area (Å²) in [6.45, 7) is 4.58. The van der Waals surface area contributed by atoms with Gasteiger partial charge in [-0.2, -0.15) is 9.97 Å². The van der Waals surface area contributed by atoms with Gasteiger partial charge in [0.25, 0.3) is 0 Å². The number of aromatic nitrogens is 4. The van der Waals surface area contributed by atoms with E-state index in [0.29, 0.717) is 10.9 Å². The van der Waals surface area contributed by atoms with E-state index in [9.17, 15) is 4.79 Å². The maximum absolute atomic E-state index is 13.5. The summed E-state index contributed by atoms with van der Waals surface area (Å²) in [5, 5.41) is 4.50. The zero-order valence-electron chi connectivity index (χ0n) is 21.8. The van der Waals surface area contributed by atoms with Gasteiger partial charge >= 0.3 is 5.69 Å². The topological polar surface area (TPSA) is 52.2 Å². The molecule has 190 valence electrons. The van der Waals surface area contributed by atoms with E-state index in [2.05, 4.69) is 96.2 Å². The molecule has 0 aliphatic heterocycles. The van der Waals surface area contributed by atoms with Crippen LogP contribution in [0.1, 0.15) is 25.0 Å². The van der Waals surface area contributed by atoms with Crippen LogP contribution in [-0.2, 0) is 5.41 Å². The van der Waals surface area contributed by atoms with E-state index >= 15 is 0 Å². The number of hydrogen-bond donors (Lipinski definition) is 0. The number of fused-ring (bicyclic) bond motifs is 11. The van der Waals surface area contributed by atoms with E-state index in [-0.39, 0.29) is 11.1 Å². The van der Waals surface area contributed by atoms with Crippen LogP contribution in [-0.4, -0.2) is 18.9 Å². The molecule has 9 rings (SSSR count). The van der Waals surface area contributed by atoms with Gasteiger partial charge in [0.05, 0.1) is 21.3 Å². The van der Waals surface area contributed by atoms with Gasteiger partial charge in [0.2, 0.25) is 10.9 Å². The van der Waals surface area contributed by atoms with Crippen molar-refractivity contribution in [1.29, 1.82) is 0 Å². The number of para-hydroxylation sites is 1. The lowest BCUT2D eigenvalue weighted by Gasteiger charge is -2.21. The van der Waals surface area contributed by atoms with E-state index in [1.807, 2.05) is 24.3 Å². The third-order valence-corrected chi connectivity index (χ3v) is 9.66. The SMILES string of the molecule is CC1(C)c2ccccc2-c2cc3c4ccc5ccccc5c4n(-c4nc(=O)n5c(n4)sc4ccccc45)c3cc21. The Morgan fingerprint density at radius 1 is 0.700 bits per heavy atom. The average Bonchev–Trinajstić information content (AvgIpc) is 3.58. The third kappa shape index (κ3) is 2.68. The van der Waals surface area contributed by atoms with E-state index < -0.39 is 0 Å². The first-order valence-corrected chi connectivity index (χ1v) is 14.2. The smallest absolute Gasteiger partial charge is 0.277 e. The molecule has 5 nitrogen and oxygen atoms in total. The maximum atomic E-state index is 13.5. The molecule has 1 aliphatic carbocycles. The Bertz CT molecular complexity index is 2440. The summed E-state index contributed by atoms with van der Waals surface area (Å²) in [6.07, 6.45) is 0. The summed E-state index contributed by atoms with van der Waals surface area (Å²) < 4.78 is 4.74. The van der Waals surface area contributed by atoms with Gasteiger partial charge < -0.3 is 0 Å². The molecule has 5 aromatic carbocycles. The molecular weight excluding hydrogens is 512 g/mol. The molecule has 3 aromatic heterocycles.